The van der Waals surface area contributed by atoms with Crippen LogP contribution in [0.3, 0.4) is 0 Å². The molecule has 0 radical (unpaired) electrons. The lowest BCUT2D eigenvalue weighted by Gasteiger charge is -2.29. The fraction of sp³-hybridized carbons (Fsp3) is 0.467. The van der Waals surface area contributed by atoms with E-state index in [9.17, 15) is 14.0 Å². The smallest absolute Gasteiger partial charge is 0.252 e. The minimum atomic E-state index is -0.609. The van der Waals surface area contributed by atoms with Crippen LogP contribution in [-0.2, 0) is 4.79 Å². The average Bonchev–Trinajstić information content (AvgIpc) is 2.50. The average molecular weight is 357 g/mol. The van der Waals surface area contributed by atoms with Crippen molar-refractivity contribution in [3.05, 3.63) is 34.1 Å². The van der Waals surface area contributed by atoms with Crippen molar-refractivity contribution in [1.29, 1.82) is 0 Å². The lowest BCUT2D eigenvalue weighted by molar-refractivity contribution is -0.133. The Morgan fingerprint density at radius 3 is 2.57 bits per heavy atom. The maximum atomic E-state index is 13.4. The maximum absolute atomic E-state index is 13.4. The van der Waals surface area contributed by atoms with Crippen LogP contribution in [0, 0.1) is 5.82 Å². The van der Waals surface area contributed by atoms with E-state index in [0.717, 1.165) is 38.4 Å². The molecule has 0 aliphatic carbocycles. The second-order valence-electron chi connectivity index (χ2n) is 5.21. The van der Waals surface area contributed by atoms with Gasteiger partial charge in [-0.15, -0.1) is 0 Å². The lowest BCUT2D eigenvalue weighted by atomic mass is 10.1. The molecule has 2 amide bonds. The van der Waals surface area contributed by atoms with Crippen molar-refractivity contribution in [2.75, 3.05) is 13.1 Å². The van der Waals surface area contributed by atoms with Gasteiger partial charge in [-0.05, 0) is 60.3 Å². The summed E-state index contributed by atoms with van der Waals surface area (Å²) in [7, 11) is 0. The zero-order valence-electron chi connectivity index (χ0n) is 11.9. The van der Waals surface area contributed by atoms with Crippen molar-refractivity contribution >= 4 is 27.7 Å². The fourth-order valence-electron chi connectivity index (χ4n) is 2.37. The van der Waals surface area contributed by atoms with Crippen LogP contribution in [0.4, 0.5) is 4.39 Å². The molecule has 0 aromatic heterocycles. The molecule has 0 bridgehead atoms. The van der Waals surface area contributed by atoms with Crippen LogP contribution in [0.25, 0.3) is 0 Å². The Hall–Kier alpha value is -1.43. The van der Waals surface area contributed by atoms with Crippen LogP contribution in [-0.4, -0.2) is 35.8 Å². The van der Waals surface area contributed by atoms with E-state index >= 15 is 0 Å². The Bertz CT molecular complexity index is 544. The molecule has 1 aliphatic heterocycles. The van der Waals surface area contributed by atoms with Gasteiger partial charge in [0.2, 0.25) is 5.91 Å². The van der Waals surface area contributed by atoms with Gasteiger partial charge in [0.1, 0.15) is 11.9 Å². The number of nitrogens with zero attached hydrogens (tertiary/aromatic N) is 1. The molecule has 1 fully saturated rings. The molecule has 2 rings (SSSR count). The summed E-state index contributed by atoms with van der Waals surface area (Å²) >= 11 is 3.04. The minimum absolute atomic E-state index is 0.0827. The number of benzene rings is 1. The van der Waals surface area contributed by atoms with E-state index in [-0.39, 0.29) is 11.5 Å². The van der Waals surface area contributed by atoms with Crippen molar-refractivity contribution in [2.45, 2.75) is 32.2 Å². The normalized spacial score (nSPS) is 16.4. The number of carbonyl (C=O) groups is 2. The van der Waals surface area contributed by atoms with E-state index in [0.29, 0.717) is 4.47 Å². The Labute approximate surface area is 131 Å². The number of hydrogen-bond donors (Lipinski definition) is 1. The molecule has 114 valence electrons. The Kier molecular flexibility index (Phi) is 5.33. The molecule has 1 heterocycles. The Morgan fingerprint density at radius 2 is 1.95 bits per heavy atom. The van der Waals surface area contributed by atoms with Crippen LogP contribution < -0.4 is 5.32 Å². The number of hydrogen-bond acceptors (Lipinski definition) is 2. The molecule has 1 atom stereocenters. The summed E-state index contributed by atoms with van der Waals surface area (Å²) in [5.74, 6) is -1.03. The van der Waals surface area contributed by atoms with Gasteiger partial charge in [0.25, 0.3) is 5.91 Å². The number of halogens is 2. The van der Waals surface area contributed by atoms with Crippen molar-refractivity contribution in [3.8, 4) is 0 Å². The van der Waals surface area contributed by atoms with E-state index in [1.165, 1.54) is 12.1 Å². The van der Waals surface area contributed by atoms with Crippen LogP contribution >= 0.6 is 15.9 Å². The van der Waals surface area contributed by atoms with Crippen LogP contribution in [0.1, 0.15) is 36.5 Å². The van der Waals surface area contributed by atoms with Crippen LogP contribution in [0.2, 0.25) is 0 Å². The first-order valence-corrected chi connectivity index (χ1v) is 7.83. The van der Waals surface area contributed by atoms with Gasteiger partial charge in [0.05, 0.1) is 4.47 Å². The van der Waals surface area contributed by atoms with Crippen molar-refractivity contribution in [2.24, 2.45) is 0 Å². The summed E-state index contributed by atoms with van der Waals surface area (Å²) in [5.41, 5.74) is 0.203. The highest BCUT2D eigenvalue weighted by molar-refractivity contribution is 9.10. The Balaban J connectivity index is 1.97. The van der Waals surface area contributed by atoms with Crippen LogP contribution in [0.15, 0.2) is 22.7 Å². The maximum Gasteiger partial charge on any atom is 0.252 e. The summed E-state index contributed by atoms with van der Waals surface area (Å²) in [6.07, 6.45) is 3.15. The summed E-state index contributed by atoms with van der Waals surface area (Å²) in [5, 5.41) is 2.63. The lowest BCUT2D eigenvalue weighted by Crippen LogP contribution is -2.48. The Morgan fingerprint density at radius 1 is 1.29 bits per heavy atom. The van der Waals surface area contributed by atoms with Gasteiger partial charge in [0, 0.05) is 18.7 Å². The first-order chi connectivity index (χ1) is 9.99. The zero-order valence-corrected chi connectivity index (χ0v) is 13.5. The number of piperidine rings is 1. The monoisotopic (exact) mass is 356 g/mol. The second-order valence-corrected chi connectivity index (χ2v) is 6.06. The number of carbonyl (C=O) groups excluding carboxylic acids is 2. The zero-order chi connectivity index (χ0) is 15.4. The highest BCUT2D eigenvalue weighted by Crippen LogP contribution is 2.16. The van der Waals surface area contributed by atoms with E-state index in [1.54, 1.807) is 11.8 Å². The summed E-state index contributed by atoms with van der Waals surface area (Å²) in [6.45, 7) is 3.14. The van der Waals surface area contributed by atoms with Crippen LogP contribution in [0.5, 0.6) is 0 Å². The van der Waals surface area contributed by atoms with Gasteiger partial charge in [-0.2, -0.15) is 0 Å². The number of nitrogens with one attached hydrogen (secondary N) is 1. The second kappa shape index (κ2) is 7.02. The van der Waals surface area contributed by atoms with E-state index in [2.05, 4.69) is 21.2 Å². The fourth-order valence-corrected chi connectivity index (χ4v) is 2.61. The molecule has 1 aromatic rings. The van der Waals surface area contributed by atoms with Gasteiger partial charge in [-0.1, -0.05) is 0 Å². The van der Waals surface area contributed by atoms with Crippen molar-refractivity contribution < 1.29 is 14.0 Å². The highest BCUT2D eigenvalue weighted by Gasteiger charge is 2.23. The third kappa shape index (κ3) is 4.03. The first-order valence-electron chi connectivity index (χ1n) is 7.04. The highest BCUT2D eigenvalue weighted by atomic mass is 79.9. The molecule has 1 aromatic carbocycles. The van der Waals surface area contributed by atoms with E-state index < -0.39 is 17.8 Å². The van der Waals surface area contributed by atoms with Crippen molar-refractivity contribution in [3.63, 3.8) is 0 Å². The van der Waals surface area contributed by atoms with Gasteiger partial charge in [-0.3, -0.25) is 9.59 Å². The van der Waals surface area contributed by atoms with Gasteiger partial charge >= 0.3 is 0 Å². The molecule has 4 nitrogen and oxygen atoms in total. The standard InChI is InChI=1S/C15H18BrFN2O2/c1-10(15(21)19-7-3-2-4-8-19)18-14(20)11-5-6-12(16)13(17)9-11/h5-6,9-10H,2-4,7-8H2,1H3,(H,18,20). The van der Waals surface area contributed by atoms with Gasteiger partial charge in [0.15, 0.2) is 0 Å². The molecule has 1 aliphatic rings. The quantitative estimate of drug-likeness (QED) is 0.904. The molecular weight excluding hydrogens is 339 g/mol. The molecular formula is C15H18BrFN2O2. The van der Waals surface area contributed by atoms with Crippen molar-refractivity contribution in [1.82, 2.24) is 10.2 Å². The topological polar surface area (TPSA) is 49.4 Å². The number of likely N-dealkylation sites (tertiary alicyclic amines) is 1. The predicted molar refractivity (Wildman–Crippen MR) is 81.5 cm³/mol. The minimum Gasteiger partial charge on any atom is -0.341 e. The molecule has 0 spiro atoms. The molecule has 21 heavy (non-hydrogen) atoms. The van der Waals surface area contributed by atoms with E-state index in [1.807, 2.05) is 0 Å². The SMILES string of the molecule is CC(NC(=O)c1ccc(Br)c(F)c1)C(=O)N1CCCCC1. The largest absolute Gasteiger partial charge is 0.341 e. The molecule has 1 N–H and O–H groups in total. The molecule has 1 unspecified atom stereocenters. The summed E-state index contributed by atoms with van der Waals surface area (Å²) in [4.78, 5) is 26.0. The molecule has 1 saturated heterocycles. The third-order valence-electron chi connectivity index (χ3n) is 3.57. The third-order valence-corrected chi connectivity index (χ3v) is 4.21. The van der Waals surface area contributed by atoms with Gasteiger partial charge in [-0.25, -0.2) is 4.39 Å². The summed E-state index contributed by atoms with van der Waals surface area (Å²) in [6, 6.07) is 3.53. The number of rotatable bonds is 3. The first kappa shape index (κ1) is 15.9. The van der Waals surface area contributed by atoms with Gasteiger partial charge < -0.3 is 10.2 Å². The molecule has 6 heteroatoms. The summed E-state index contributed by atoms with van der Waals surface area (Å²) < 4.78 is 13.7. The molecule has 0 saturated carbocycles. The van der Waals surface area contributed by atoms with E-state index in [4.69, 9.17) is 0 Å². The number of amides is 2. The predicted octanol–water partition coefficient (Wildman–Crippen LogP) is 2.72.